The number of thiophene rings is 1. The van der Waals surface area contributed by atoms with Gasteiger partial charge in [0.25, 0.3) is 0 Å². The van der Waals surface area contributed by atoms with Crippen molar-refractivity contribution in [2.45, 2.75) is 24.5 Å². The third-order valence-corrected chi connectivity index (χ3v) is 5.14. The molecule has 1 aromatic heterocycles. The molecule has 0 amide bonds. The van der Waals surface area contributed by atoms with Crippen LogP contribution >= 0.6 is 11.3 Å². The number of ether oxygens (including phenoxy) is 1. The molecule has 1 fully saturated rings. The topological polar surface area (TPSA) is 21.3 Å². The molecular formula is C16H17NOS. The molecule has 3 heteroatoms. The molecule has 2 aromatic rings. The van der Waals surface area contributed by atoms with Gasteiger partial charge in [0.2, 0.25) is 0 Å². The van der Waals surface area contributed by atoms with Gasteiger partial charge in [0, 0.05) is 11.4 Å². The van der Waals surface area contributed by atoms with E-state index >= 15 is 0 Å². The first kappa shape index (κ1) is 11.6. The molecule has 1 spiro atoms. The lowest BCUT2D eigenvalue weighted by molar-refractivity contribution is -0.0737. The molecule has 4 rings (SSSR count). The average Bonchev–Trinajstić information content (AvgIpc) is 3.08. The number of fused-ring (bicyclic) bond motifs is 2. The van der Waals surface area contributed by atoms with Crippen molar-refractivity contribution >= 4 is 11.3 Å². The number of hydrogen-bond acceptors (Lipinski definition) is 3. The fourth-order valence-corrected chi connectivity index (χ4v) is 4.12. The highest BCUT2D eigenvalue weighted by Crippen LogP contribution is 2.49. The van der Waals surface area contributed by atoms with Gasteiger partial charge < -0.3 is 10.1 Å². The molecule has 2 nitrogen and oxygen atoms in total. The van der Waals surface area contributed by atoms with Gasteiger partial charge in [0.15, 0.2) is 0 Å². The van der Waals surface area contributed by atoms with Crippen LogP contribution in [0.15, 0.2) is 41.8 Å². The summed E-state index contributed by atoms with van der Waals surface area (Å²) >= 11 is 1.79. The van der Waals surface area contributed by atoms with Crippen LogP contribution in [0.5, 0.6) is 0 Å². The Balaban J connectivity index is 1.82. The van der Waals surface area contributed by atoms with Crippen LogP contribution < -0.4 is 5.32 Å². The van der Waals surface area contributed by atoms with Gasteiger partial charge in [-0.25, -0.2) is 0 Å². The predicted molar refractivity (Wildman–Crippen MR) is 77.5 cm³/mol. The second-order valence-electron chi connectivity index (χ2n) is 5.38. The molecule has 1 saturated heterocycles. The summed E-state index contributed by atoms with van der Waals surface area (Å²) in [5.74, 6) is 0. The predicted octanol–water partition coefficient (Wildman–Crippen LogP) is 3.45. The molecule has 2 aliphatic heterocycles. The summed E-state index contributed by atoms with van der Waals surface area (Å²) in [6.45, 7) is 2.04. The Morgan fingerprint density at radius 2 is 2.16 bits per heavy atom. The summed E-state index contributed by atoms with van der Waals surface area (Å²) < 4.78 is 6.55. The van der Waals surface area contributed by atoms with Crippen molar-refractivity contribution in [2.75, 3.05) is 13.1 Å². The maximum Gasteiger partial charge on any atom is 0.118 e. The Kier molecular flexibility index (Phi) is 2.72. The van der Waals surface area contributed by atoms with E-state index in [0.717, 1.165) is 19.5 Å². The van der Waals surface area contributed by atoms with Crippen molar-refractivity contribution in [3.63, 3.8) is 0 Å². The van der Waals surface area contributed by atoms with Crippen molar-refractivity contribution in [3.8, 4) is 0 Å². The van der Waals surface area contributed by atoms with Gasteiger partial charge in [0.05, 0.1) is 0 Å². The minimum Gasteiger partial charge on any atom is -0.355 e. The second kappa shape index (κ2) is 4.44. The van der Waals surface area contributed by atoms with Crippen LogP contribution in [0.25, 0.3) is 0 Å². The normalized spacial score (nSPS) is 29.6. The van der Waals surface area contributed by atoms with Gasteiger partial charge >= 0.3 is 0 Å². The summed E-state index contributed by atoms with van der Waals surface area (Å²) in [5, 5.41) is 5.63. The van der Waals surface area contributed by atoms with Gasteiger partial charge in [-0.1, -0.05) is 30.3 Å². The number of benzene rings is 1. The molecule has 0 aliphatic carbocycles. The summed E-state index contributed by atoms with van der Waals surface area (Å²) in [6, 6.07) is 13.0. The molecule has 2 aliphatic rings. The lowest BCUT2D eigenvalue weighted by Crippen LogP contribution is -2.43. The zero-order valence-electron chi connectivity index (χ0n) is 10.8. The highest BCUT2D eigenvalue weighted by atomic mass is 32.1. The monoisotopic (exact) mass is 271 g/mol. The Morgan fingerprint density at radius 1 is 1.21 bits per heavy atom. The molecule has 19 heavy (non-hydrogen) atoms. The van der Waals surface area contributed by atoms with E-state index in [1.54, 1.807) is 11.3 Å². The quantitative estimate of drug-likeness (QED) is 0.858. The van der Waals surface area contributed by atoms with Gasteiger partial charge in [-0.3, -0.25) is 0 Å². The molecule has 2 atom stereocenters. The third kappa shape index (κ3) is 1.76. The van der Waals surface area contributed by atoms with Gasteiger partial charge in [-0.2, -0.15) is 0 Å². The largest absolute Gasteiger partial charge is 0.355 e. The molecule has 2 unspecified atom stereocenters. The Morgan fingerprint density at radius 3 is 2.95 bits per heavy atom. The lowest BCUT2D eigenvalue weighted by Gasteiger charge is -2.34. The van der Waals surface area contributed by atoms with Crippen molar-refractivity contribution in [3.05, 3.63) is 57.8 Å². The van der Waals surface area contributed by atoms with E-state index in [1.165, 1.54) is 22.4 Å². The van der Waals surface area contributed by atoms with Crippen LogP contribution in [-0.4, -0.2) is 13.1 Å². The first-order valence-corrected chi connectivity index (χ1v) is 7.78. The second-order valence-corrected chi connectivity index (χ2v) is 6.35. The van der Waals surface area contributed by atoms with Gasteiger partial charge in [-0.05, 0) is 42.0 Å². The van der Waals surface area contributed by atoms with E-state index in [4.69, 9.17) is 4.74 Å². The summed E-state index contributed by atoms with van der Waals surface area (Å²) in [6.07, 6.45) is 2.43. The van der Waals surface area contributed by atoms with E-state index in [-0.39, 0.29) is 11.7 Å². The fourth-order valence-electron chi connectivity index (χ4n) is 3.35. The maximum atomic E-state index is 6.55. The number of hydrogen-bond donors (Lipinski definition) is 1. The molecule has 0 radical (unpaired) electrons. The van der Waals surface area contributed by atoms with Crippen LogP contribution in [0.4, 0.5) is 0 Å². The zero-order valence-corrected chi connectivity index (χ0v) is 11.6. The molecular weight excluding hydrogens is 254 g/mol. The molecule has 0 saturated carbocycles. The van der Waals surface area contributed by atoms with E-state index in [1.807, 2.05) is 0 Å². The number of rotatable bonds is 1. The molecule has 3 heterocycles. The molecule has 1 aromatic carbocycles. The number of nitrogens with one attached hydrogen (secondary N) is 1. The lowest BCUT2D eigenvalue weighted by atomic mass is 9.85. The highest BCUT2D eigenvalue weighted by molar-refractivity contribution is 7.10. The first-order valence-electron chi connectivity index (χ1n) is 6.90. The van der Waals surface area contributed by atoms with Crippen LogP contribution in [0, 0.1) is 0 Å². The minimum absolute atomic E-state index is 0.108. The Hall–Kier alpha value is -1.16. The van der Waals surface area contributed by atoms with Crippen LogP contribution in [0.2, 0.25) is 0 Å². The van der Waals surface area contributed by atoms with Crippen LogP contribution in [0.3, 0.4) is 0 Å². The minimum atomic E-state index is -0.108. The summed E-state index contributed by atoms with van der Waals surface area (Å²) in [5.41, 5.74) is 2.64. The molecule has 98 valence electrons. The Bertz CT molecular complexity index is 572. The van der Waals surface area contributed by atoms with Gasteiger partial charge in [0.1, 0.15) is 11.7 Å². The molecule has 0 bridgehead atoms. The maximum absolute atomic E-state index is 6.55. The fraction of sp³-hybridized carbons (Fsp3) is 0.375. The van der Waals surface area contributed by atoms with E-state index in [9.17, 15) is 0 Å². The summed E-state index contributed by atoms with van der Waals surface area (Å²) in [7, 11) is 0. The SMILES string of the molecule is c1csc(C2OC3(CCCNC3)c3ccccc32)c1. The van der Waals surface area contributed by atoms with Crippen molar-refractivity contribution in [1.29, 1.82) is 0 Å². The standard InChI is InChI=1S/C16H17NOS/c1-2-6-13-12(5-1)15(14-7-3-10-19-14)18-16(13)8-4-9-17-11-16/h1-3,5-7,10,15,17H,4,8-9,11H2. The van der Waals surface area contributed by atoms with Gasteiger partial charge in [-0.15, -0.1) is 11.3 Å². The van der Waals surface area contributed by atoms with Crippen LogP contribution in [-0.2, 0) is 10.3 Å². The average molecular weight is 271 g/mol. The summed E-state index contributed by atoms with van der Waals surface area (Å²) in [4.78, 5) is 1.31. The Labute approximate surface area is 117 Å². The van der Waals surface area contributed by atoms with Crippen molar-refractivity contribution in [1.82, 2.24) is 5.32 Å². The highest BCUT2D eigenvalue weighted by Gasteiger charge is 2.46. The molecule has 1 N–H and O–H groups in total. The third-order valence-electron chi connectivity index (χ3n) is 4.22. The van der Waals surface area contributed by atoms with Crippen LogP contribution in [0.1, 0.15) is 34.9 Å². The van der Waals surface area contributed by atoms with E-state index < -0.39 is 0 Å². The van der Waals surface area contributed by atoms with E-state index in [2.05, 4.69) is 47.1 Å². The smallest absolute Gasteiger partial charge is 0.118 e. The zero-order chi connectivity index (χ0) is 12.7. The number of piperidine rings is 1. The van der Waals surface area contributed by atoms with Crippen molar-refractivity contribution < 1.29 is 4.74 Å². The first-order chi connectivity index (χ1) is 9.39. The van der Waals surface area contributed by atoms with Crippen molar-refractivity contribution in [2.24, 2.45) is 0 Å². The van der Waals surface area contributed by atoms with E-state index in [0.29, 0.717) is 0 Å².